The molecule has 2 heterocycles. The molecule has 102 valence electrons. The molecule has 0 radical (unpaired) electrons. The van der Waals surface area contributed by atoms with E-state index in [0.717, 1.165) is 18.8 Å². The van der Waals surface area contributed by atoms with Crippen LogP contribution in [0.1, 0.15) is 58.3 Å². The molecule has 3 rings (SSSR count). The van der Waals surface area contributed by atoms with Gasteiger partial charge in [0.05, 0.1) is 0 Å². The summed E-state index contributed by atoms with van der Waals surface area (Å²) in [6.07, 6.45) is 9.84. The van der Waals surface area contributed by atoms with Gasteiger partial charge in [0.15, 0.2) is 0 Å². The third-order valence-corrected chi connectivity index (χ3v) is 5.92. The Kier molecular flexibility index (Phi) is 3.48. The number of hydrogen-bond acceptors (Lipinski definition) is 2. The molecular weight excluding hydrogens is 222 g/mol. The zero-order valence-corrected chi connectivity index (χ0v) is 11.9. The van der Waals surface area contributed by atoms with Crippen molar-refractivity contribution in [2.45, 2.75) is 70.4 Å². The molecule has 0 aromatic heterocycles. The number of ketones is 1. The fourth-order valence-electron chi connectivity index (χ4n) is 4.52. The van der Waals surface area contributed by atoms with Gasteiger partial charge in [0.2, 0.25) is 0 Å². The summed E-state index contributed by atoms with van der Waals surface area (Å²) in [5.74, 6) is 2.29. The summed E-state index contributed by atoms with van der Waals surface area (Å²) in [5, 5.41) is 0. The van der Waals surface area contributed by atoms with Crippen LogP contribution >= 0.6 is 0 Å². The van der Waals surface area contributed by atoms with Gasteiger partial charge in [-0.1, -0.05) is 19.8 Å². The van der Waals surface area contributed by atoms with Crippen LogP contribution in [0.3, 0.4) is 0 Å². The minimum absolute atomic E-state index is 0.400. The van der Waals surface area contributed by atoms with Gasteiger partial charge in [-0.25, -0.2) is 0 Å². The lowest BCUT2D eigenvalue weighted by atomic mass is 9.75. The van der Waals surface area contributed by atoms with Gasteiger partial charge in [-0.2, -0.15) is 0 Å². The van der Waals surface area contributed by atoms with E-state index < -0.39 is 0 Å². The van der Waals surface area contributed by atoms with Crippen LogP contribution in [0.5, 0.6) is 0 Å². The molecule has 3 aliphatic rings. The van der Waals surface area contributed by atoms with Crippen molar-refractivity contribution >= 4 is 5.78 Å². The minimum atomic E-state index is 0.400. The molecule has 2 heteroatoms. The maximum Gasteiger partial charge on any atom is 0.139 e. The van der Waals surface area contributed by atoms with Gasteiger partial charge in [0, 0.05) is 23.9 Å². The highest BCUT2D eigenvalue weighted by Crippen LogP contribution is 2.40. The second-order valence-corrected chi connectivity index (χ2v) is 7.08. The SMILES string of the molecule is CC1CCC(C(=O)C2CC3CCC(C2)N3C)CC1. The summed E-state index contributed by atoms with van der Waals surface area (Å²) >= 11 is 0. The third kappa shape index (κ3) is 2.24. The Bertz CT molecular complexity index is 305. The molecule has 2 nitrogen and oxygen atoms in total. The lowest BCUT2D eigenvalue weighted by molar-refractivity contribution is -0.130. The topological polar surface area (TPSA) is 20.3 Å². The predicted molar refractivity (Wildman–Crippen MR) is 73.4 cm³/mol. The van der Waals surface area contributed by atoms with E-state index in [2.05, 4.69) is 18.9 Å². The highest BCUT2D eigenvalue weighted by molar-refractivity contribution is 5.83. The summed E-state index contributed by atoms with van der Waals surface area (Å²) in [7, 11) is 2.26. The van der Waals surface area contributed by atoms with Crippen molar-refractivity contribution in [1.82, 2.24) is 4.90 Å². The van der Waals surface area contributed by atoms with Crippen molar-refractivity contribution in [3.63, 3.8) is 0 Å². The van der Waals surface area contributed by atoms with E-state index in [4.69, 9.17) is 0 Å². The van der Waals surface area contributed by atoms with E-state index in [1.807, 2.05) is 0 Å². The average molecular weight is 249 g/mol. The predicted octanol–water partition coefficient (Wildman–Crippen LogP) is 3.25. The fraction of sp³-hybridized carbons (Fsp3) is 0.938. The van der Waals surface area contributed by atoms with Crippen LogP contribution in [0.2, 0.25) is 0 Å². The molecular formula is C16H27NO. The first kappa shape index (κ1) is 12.7. The van der Waals surface area contributed by atoms with E-state index in [9.17, 15) is 4.79 Å². The zero-order chi connectivity index (χ0) is 12.7. The molecule has 1 saturated carbocycles. The summed E-state index contributed by atoms with van der Waals surface area (Å²) < 4.78 is 0. The van der Waals surface area contributed by atoms with Gasteiger partial charge in [0.1, 0.15) is 5.78 Å². The van der Waals surface area contributed by atoms with Crippen molar-refractivity contribution in [2.75, 3.05) is 7.05 Å². The average Bonchev–Trinajstić information content (AvgIpc) is 2.62. The van der Waals surface area contributed by atoms with Gasteiger partial charge < -0.3 is 4.90 Å². The van der Waals surface area contributed by atoms with Crippen molar-refractivity contribution in [1.29, 1.82) is 0 Å². The van der Waals surface area contributed by atoms with Gasteiger partial charge in [0.25, 0.3) is 0 Å². The van der Waals surface area contributed by atoms with Crippen molar-refractivity contribution in [3.05, 3.63) is 0 Å². The van der Waals surface area contributed by atoms with Gasteiger partial charge in [-0.15, -0.1) is 0 Å². The van der Waals surface area contributed by atoms with Gasteiger partial charge >= 0.3 is 0 Å². The largest absolute Gasteiger partial charge is 0.300 e. The van der Waals surface area contributed by atoms with Crippen LogP contribution < -0.4 is 0 Å². The zero-order valence-electron chi connectivity index (χ0n) is 11.9. The number of rotatable bonds is 2. The summed E-state index contributed by atoms with van der Waals surface area (Å²) in [6, 6.07) is 1.42. The second kappa shape index (κ2) is 4.96. The van der Waals surface area contributed by atoms with Crippen LogP contribution in [0, 0.1) is 17.8 Å². The molecule has 18 heavy (non-hydrogen) atoms. The fourth-order valence-corrected chi connectivity index (χ4v) is 4.52. The van der Waals surface area contributed by atoms with E-state index in [0.29, 0.717) is 29.7 Å². The lowest BCUT2D eigenvalue weighted by Crippen LogP contribution is -2.43. The maximum absolute atomic E-state index is 12.7. The number of fused-ring (bicyclic) bond motifs is 2. The normalized spacial score (nSPS) is 45.1. The molecule has 2 bridgehead atoms. The molecule has 2 unspecified atom stereocenters. The van der Waals surface area contributed by atoms with Gasteiger partial charge in [-0.05, 0) is 51.5 Å². The highest BCUT2D eigenvalue weighted by Gasteiger charge is 2.42. The number of piperidine rings is 1. The molecule has 0 aromatic rings. The van der Waals surface area contributed by atoms with Crippen LogP contribution in [0.15, 0.2) is 0 Å². The first-order chi connectivity index (χ1) is 8.65. The summed E-state index contributed by atoms with van der Waals surface area (Å²) in [4.78, 5) is 15.2. The Morgan fingerprint density at radius 2 is 1.44 bits per heavy atom. The van der Waals surface area contributed by atoms with E-state index >= 15 is 0 Å². The number of carbonyl (C=O) groups is 1. The smallest absolute Gasteiger partial charge is 0.139 e. The number of carbonyl (C=O) groups excluding carboxylic acids is 1. The van der Waals surface area contributed by atoms with E-state index in [1.165, 1.54) is 38.5 Å². The Morgan fingerprint density at radius 1 is 0.889 bits per heavy atom. The number of nitrogens with zero attached hydrogens (tertiary/aromatic N) is 1. The standard InChI is InChI=1S/C16H27NO/c1-11-3-5-12(6-4-11)16(18)13-9-14-7-8-15(10-13)17(14)2/h11-15H,3-10H2,1-2H3. The molecule has 0 spiro atoms. The van der Waals surface area contributed by atoms with E-state index in [1.54, 1.807) is 0 Å². The van der Waals surface area contributed by atoms with Crippen molar-refractivity contribution < 1.29 is 4.79 Å². The number of Topliss-reactive ketones (excluding diaryl/α,β-unsaturated/α-hetero) is 1. The van der Waals surface area contributed by atoms with Crippen LogP contribution in [-0.4, -0.2) is 29.8 Å². The van der Waals surface area contributed by atoms with Crippen LogP contribution in [0.4, 0.5) is 0 Å². The molecule has 3 fully saturated rings. The Balaban J connectivity index is 1.60. The van der Waals surface area contributed by atoms with Crippen LogP contribution in [-0.2, 0) is 4.79 Å². The molecule has 0 amide bonds. The Hall–Kier alpha value is -0.370. The quantitative estimate of drug-likeness (QED) is 0.748. The first-order valence-corrected chi connectivity index (χ1v) is 7.90. The summed E-state index contributed by atoms with van der Waals surface area (Å²) in [6.45, 7) is 2.33. The molecule has 1 aliphatic carbocycles. The summed E-state index contributed by atoms with van der Waals surface area (Å²) in [5.41, 5.74) is 0. The van der Waals surface area contributed by atoms with Gasteiger partial charge in [-0.3, -0.25) is 4.79 Å². The molecule has 0 aromatic carbocycles. The Labute approximate surface area is 111 Å². The number of hydrogen-bond donors (Lipinski definition) is 0. The highest BCUT2D eigenvalue weighted by atomic mass is 16.1. The van der Waals surface area contributed by atoms with Crippen molar-refractivity contribution in [3.8, 4) is 0 Å². The third-order valence-electron chi connectivity index (χ3n) is 5.92. The molecule has 2 aliphatic heterocycles. The van der Waals surface area contributed by atoms with E-state index in [-0.39, 0.29) is 0 Å². The Morgan fingerprint density at radius 3 is 2.00 bits per heavy atom. The molecule has 2 atom stereocenters. The molecule has 2 saturated heterocycles. The second-order valence-electron chi connectivity index (χ2n) is 7.08. The van der Waals surface area contributed by atoms with Crippen LogP contribution in [0.25, 0.3) is 0 Å². The maximum atomic E-state index is 12.7. The monoisotopic (exact) mass is 249 g/mol. The minimum Gasteiger partial charge on any atom is -0.300 e. The molecule has 0 N–H and O–H groups in total. The van der Waals surface area contributed by atoms with Crippen molar-refractivity contribution in [2.24, 2.45) is 17.8 Å². The first-order valence-electron chi connectivity index (χ1n) is 7.90. The lowest BCUT2D eigenvalue weighted by Gasteiger charge is -2.37.